The summed E-state index contributed by atoms with van der Waals surface area (Å²) in [5.74, 6) is 0.889. The minimum absolute atomic E-state index is 0.889. The van der Waals surface area contributed by atoms with E-state index in [-0.39, 0.29) is 0 Å². The summed E-state index contributed by atoms with van der Waals surface area (Å²) >= 11 is 1.60. The van der Waals surface area contributed by atoms with Crippen LogP contribution < -0.4 is 4.74 Å². The molecule has 0 atom stereocenters. The molecule has 0 aliphatic heterocycles. The van der Waals surface area contributed by atoms with E-state index >= 15 is 0 Å². The smallest absolute Gasteiger partial charge is 0.180 e. The lowest BCUT2D eigenvalue weighted by atomic mass is 10.3. The third-order valence-corrected chi connectivity index (χ3v) is 2.20. The maximum atomic E-state index is 5.54. The summed E-state index contributed by atoms with van der Waals surface area (Å²) in [6.45, 7) is 0. The lowest BCUT2D eigenvalue weighted by Gasteiger charge is -2.00. The highest BCUT2D eigenvalue weighted by Crippen LogP contribution is 2.25. The van der Waals surface area contributed by atoms with Crippen molar-refractivity contribution in [3.8, 4) is 10.8 Å². The minimum atomic E-state index is 0.889. The van der Waals surface area contributed by atoms with Gasteiger partial charge in [-0.25, -0.2) is 0 Å². The van der Waals surface area contributed by atoms with E-state index in [0.717, 1.165) is 10.8 Å². The number of hydrogen-bond acceptors (Lipinski definition) is 2. The van der Waals surface area contributed by atoms with E-state index in [2.05, 4.69) is 0 Å². The average molecular weight is 176 g/mol. The molecule has 0 saturated carbocycles. The molecular formula is C10H8OS. The van der Waals surface area contributed by atoms with Crippen LogP contribution in [-0.4, -0.2) is 0 Å². The topological polar surface area (TPSA) is 9.23 Å². The maximum absolute atomic E-state index is 5.54. The van der Waals surface area contributed by atoms with Gasteiger partial charge in [0.1, 0.15) is 5.75 Å². The molecule has 1 aromatic carbocycles. The summed E-state index contributed by atoms with van der Waals surface area (Å²) in [5.41, 5.74) is 0. The Labute approximate surface area is 75.2 Å². The van der Waals surface area contributed by atoms with Gasteiger partial charge in [0.2, 0.25) is 0 Å². The molecule has 0 amide bonds. The van der Waals surface area contributed by atoms with Gasteiger partial charge in [-0.1, -0.05) is 18.2 Å². The van der Waals surface area contributed by atoms with Crippen LogP contribution in [0.4, 0.5) is 0 Å². The molecule has 0 fully saturated rings. The van der Waals surface area contributed by atoms with Gasteiger partial charge in [0.25, 0.3) is 0 Å². The van der Waals surface area contributed by atoms with Gasteiger partial charge in [0, 0.05) is 0 Å². The van der Waals surface area contributed by atoms with E-state index in [4.69, 9.17) is 4.74 Å². The van der Waals surface area contributed by atoms with Gasteiger partial charge >= 0.3 is 0 Å². The summed E-state index contributed by atoms with van der Waals surface area (Å²) in [7, 11) is 0. The van der Waals surface area contributed by atoms with Crippen LogP contribution in [0.15, 0.2) is 47.8 Å². The van der Waals surface area contributed by atoms with Crippen LogP contribution in [0.5, 0.6) is 10.8 Å². The van der Waals surface area contributed by atoms with Crippen molar-refractivity contribution in [3.05, 3.63) is 47.8 Å². The van der Waals surface area contributed by atoms with Crippen molar-refractivity contribution in [1.82, 2.24) is 0 Å². The van der Waals surface area contributed by atoms with E-state index in [9.17, 15) is 0 Å². The van der Waals surface area contributed by atoms with Gasteiger partial charge in [-0.3, -0.25) is 0 Å². The molecule has 2 heteroatoms. The summed E-state index contributed by atoms with van der Waals surface area (Å²) in [6.07, 6.45) is 0. The molecule has 0 saturated heterocycles. The van der Waals surface area contributed by atoms with Crippen molar-refractivity contribution in [1.29, 1.82) is 0 Å². The van der Waals surface area contributed by atoms with E-state index in [0.29, 0.717) is 0 Å². The predicted molar refractivity (Wildman–Crippen MR) is 50.8 cm³/mol. The fourth-order valence-corrected chi connectivity index (χ4v) is 1.52. The summed E-state index contributed by atoms with van der Waals surface area (Å²) in [6, 6.07) is 13.7. The Morgan fingerprint density at radius 3 is 2.42 bits per heavy atom. The third kappa shape index (κ3) is 1.66. The molecule has 0 radical (unpaired) electrons. The van der Waals surface area contributed by atoms with Crippen molar-refractivity contribution in [3.63, 3.8) is 0 Å². The van der Waals surface area contributed by atoms with Gasteiger partial charge in [-0.05, 0) is 29.6 Å². The van der Waals surface area contributed by atoms with Crippen LogP contribution in [0.2, 0.25) is 0 Å². The van der Waals surface area contributed by atoms with E-state index < -0.39 is 0 Å². The molecule has 0 bridgehead atoms. The number of ether oxygens (including phenoxy) is 1. The standard InChI is InChI=1S/C10H8OS/c1-2-5-9(6-3-1)11-10-7-4-8-12-10/h1-8H. The Kier molecular flexibility index (Phi) is 2.10. The molecule has 0 unspecified atom stereocenters. The average Bonchev–Trinajstić information content (AvgIpc) is 2.59. The third-order valence-electron chi connectivity index (χ3n) is 1.46. The number of benzene rings is 1. The van der Waals surface area contributed by atoms with Gasteiger partial charge in [0.05, 0.1) is 0 Å². The first-order valence-electron chi connectivity index (χ1n) is 3.71. The summed E-state index contributed by atoms with van der Waals surface area (Å²) in [4.78, 5) is 0. The number of thiophene rings is 1. The lowest BCUT2D eigenvalue weighted by Crippen LogP contribution is -1.77. The van der Waals surface area contributed by atoms with Crippen LogP contribution in [0.3, 0.4) is 0 Å². The first-order chi connectivity index (χ1) is 5.95. The number of para-hydroxylation sites is 1. The molecule has 0 aliphatic carbocycles. The quantitative estimate of drug-likeness (QED) is 0.680. The molecule has 1 nitrogen and oxygen atoms in total. The lowest BCUT2D eigenvalue weighted by molar-refractivity contribution is 0.496. The highest BCUT2D eigenvalue weighted by molar-refractivity contribution is 7.11. The maximum Gasteiger partial charge on any atom is 0.180 e. The normalized spacial score (nSPS) is 9.67. The fourth-order valence-electron chi connectivity index (χ4n) is 0.926. The monoisotopic (exact) mass is 176 g/mol. The molecule has 2 rings (SSSR count). The van der Waals surface area contributed by atoms with Crippen molar-refractivity contribution in [2.75, 3.05) is 0 Å². The van der Waals surface area contributed by atoms with E-state index in [1.807, 2.05) is 47.8 Å². The van der Waals surface area contributed by atoms with Gasteiger partial charge in [-0.15, -0.1) is 11.3 Å². The highest BCUT2D eigenvalue weighted by Gasteiger charge is 1.94. The Morgan fingerprint density at radius 2 is 1.75 bits per heavy atom. The van der Waals surface area contributed by atoms with Crippen LogP contribution >= 0.6 is 11.3 Å². The van der Waals surface area contributed by atoms with E-state index in [1.54, 1.807) is 11.3 Å². The summed E-state index contributed by atoms with van der Waals surface area (Å²) < 4.78 is 5.54. The van der Waals surface area contributed by atoms with Crippen LogP contribution in [-0.2, 0) is 0 Å². The van der Waals surface area contributed by atoms with Gasteiger partial charge < -0.3 is 4.74 Å². The zero-order valence-corrected chi connectivity index (χ0v) is 7.25. The van der Waals surface area contributed by atoms with Gasteiger partial charge in [0.15, 0.2) is 5.06 Å². The molecule has 1 aromatic heterocycles. The van der Waals surface area contributed by atoms with Crippen molar-refractivity contribution in [2.45, 2.75) is 0 Å². The minimum Gasteiger partial charge on any atom is -0.447 e. The predicted octanol–water partition coefficient (Wildman–Crippen LogP) is 3.54. The Hall–Kier alpha value is -1.28. The largest absolute Gasteiger partial charge is 0.447 e. The molecule has 12 heavy (non-hydrogen) atoms. The van der Waals surface area contributed by atoms with Gasteiger partial charge in [-0.2, -0.15) is 0 Å². The van der Waals surface area contributed by atoms with Crippen molar-refractivity contribution < 1.29 is 4.74 Å². The van der Waals surface area contributed by atoms with Crippen molar-refractivity contribution in [2.24, 2.45) is 0 Å². The fraction of sp³-hybridized carbons (Fsp3) is 0. The van der Waals surface area contributed by atoms with E-state index in [1.165, 1.54) is 0 Å². The first-order valence-corrected chi connectivity index (χ1v) is 4.59. The Balaban J connectivity index is 2.15. The summed E-state index contributed by atoms with van der Waals surface area (Å²) in [5, 5.41) is 2.93. The Morgan fingerprint density at radius 1 is 0.917 bits per heavy atom. The molecule has 0 aliphatic rings. The second-order valence-electron chi connectivity index (χ2n) is 2.35. The van der Waals surface area contributed by atoms with Crippen molar-refractivity contribution >= 4 is 11.3 Å². The zero-order valence-electron chi connectivity index (χ0n) is 6.44. The van der Waals surface area contributed by atoms with Crippen LogP contribution in [0.1, 0.15) is 0 Å². The SMILES string of the molecule is c1ccc(Oc2cccs2)cc1. The highest BCUT2D eigenvalue weighted by atomic mass is 32.1. The molecule has 0 spiro atoms. The second-order valence-corrected chi connectivity index (χ2v) is 3.26. The van der Waals surface area contributed by atoms with Crippen LogP contribution in [0.25, 0.3) is 0 Å². The molecular weight excluding hydrogens is 168 g/mol. The molecule has 2 aromatic rings. The number of rotatable bonds is 2. The molecule has 60 valence electrons. The number of hydrogen-bond donors (Lipinski definition) is 0. The Bertz CT molecular complexity index is 326. The van der Waals surface area contributed by atoms with Crippen LogP contribution in [0, 0.1) is 0 Å². The molecule has 1 heterocycles. The zero-order chi connectivity index (χ0) is 8.23. The first kappa shape index (κ1) is 7.37. The second kappa shape index (κ2) is 3.41. The molecule has 0 N–H and O–H groups in total.